The number of para-hydroxylation sites is 1. The summed E-state index contributed by atoms with van der Waals surface area (Å²) in [6.45, 7) is 0. The van der Waals surface area contributed by atoms with Crippen molar-refractivity contribution in [2.45, 2.75) is 12.1 Å². The summed E-state index contributed by atoms with van der Waals surface area (Å²) < 4.78 is 6.12. The average molecular weight is 479 g/mol. The first kappa shape index (κ1) is 19.8. The van der Waals surface area contributed by atoms with Gasteiger partial charge in [0, 0.05) is 4.47 Å². The van der Waals surface area contributed by atoms with Gasteiger partial charge < -0.3 is 4.74 Å². The number of rotatable bonds is 4. The number of methoxy groups -OCH3 is 1. The fourth-order valence-electron chi connectivity index (χ4n) is 4.20. The molecule has 0 aromatic heterocycles. The van der Waals surface area contributed by atoms with Crippen LogP contribution in [0.1, 0.15) is 11.6 Å². The molecule has 2 saturated heterocycles. The van der Waals surface area contributed by atoms with E-state index in [2.05, 4.69) is 15.9 Å². The molecule has 0 bridgehead atoms. The van der Waals surface area contributed by atoms with Gasteiger partial charge in [-0.05, 0) is 54.1 Å². The second-order valence-electron chi connectivity index (χ2n) is 7.42. The van der Waals surface area contributed by atoms with E-state index < -0.39 is 18.1 Å². The van der Waals surface area contributed by atoms with E-state index in [0.717, 1.165) is 15.7 Å². The monoisotopic (exact) mass is 478 g/mol. The number of carbonyl (C=O) groups is 2. The largest absolute Gasteiger partial charge is 0.497 e. The summed E-state index contributed by atoms with van der Waals surface area (Å²) in [4.78, 5) is 34.2. The number of ether oxygens (including phenoxy) is 1. The number of benzene rings is 3. The van der Waals surface area contributed by atoms with E-state index in [1.165, 1.54) is 4.90 Å². The minimum Gasteiger partial charge on any atom is -0.497 e. The van der Waals surface area contributed by atoms with Gasteiger partial charge in [-0.25, -0.2) is 9.96 Å². The molecule has 5 rings (SSSR count). The van der Waals surface area contributed by atoms with Crippen molar-refractivity contribution < 1.29 is 19.2 Å². The van der Waals surface area contributed by atoms with Gasteiger partial charge in [0.05, 0.1) is 24.5 Å². The van der Waals surface area contributed by atoms with Crippen LogP contribution >= 0.6 is 15.9 Å². The number of hydrogen-bond acceptors (Lipinski definition) is 5. The van der Waals surface area contributed by atoms with E-state index in [9.17, 15) is 9.59 Å². The lowest BCUT2D eigenvalue weighted by molar-refractivity contribution is -0.126. The quantitative estimate of drug-likeness (QED) is 0.516. The molecule has 7 heteroatoms. The van der Waals surface area contributed by atoms with Crippen molar-refractivity contribution in [2.24, 2.45) is 5.92 Å². The zero-order valence-corrected chi connectivity index (χ0v) is 18.2. The second kappa shape index (κ2) is 7.83. The summed E-state index contributed by atoms with van der Waals surface area (Å²) in [7, 11) is 1.57. The molecule has 2 heterocycles. The van der Waals surface area contributed by atoms with E-state index in [1.807, 2.05) is 54.6 Å². The van der Waals surface area contributed by atoms with Crippen LogP contribution in [0.5, 0.6) is 5.75 Å². The molecular formula is C24H19BrN2O4. The molecule has 3 atom stereocenters. The summed E-state index contributed by atoms with van der Waals surface area (Å²) in [5, 5.41) is 1.69. The van der Waals surface area contributed by atoms with Gasteiger partial charge in [0.25, 0.3) is 5.91 Å². The summed E-state index contributed by atoms with van der Waals surface area (Å²) in [6, 6.07) is 23.7. The van der Waals surface area contributed by atoms with Gasteiger partial charge in [0.1, 0.15) is 11.7 Å². The molecule has 3 aromatic carbocycles. The van der Waals surface area contributed by atoms with Crippen LogP contribution in [0.15, 0.2) is 83.3 Å². The highest BCUT2D eigenvalue weighted by Gasteiger charge is 2.60. The van der Waals surface area contributed by atoms with Crippen LogP contribution < -0.4 is 14.7 Å². The lowest BCUT2D eigenvalue weighted by atomic mass is 9.90. The van der Waals surface area contributed by atoms with E-state index in [-0.39, 0.29) is 11.8 Å². The Hall–Kier alpha value is -3.16. The smallest absolute Gasteiger partial charge is 0.266 e. The van der Waals surface area contributed by atoms with Gasteiger partial charge in [-0.2, -0.15) is 0 Å². The van der Waals surface area contributed by atoms with Crippen LogP contribution in [0.2, 0.25) is 0 Å². The molecule has 2 fully saturated rings. The van der Waals surface area contributed by atoms with Crippen molar-refractivity contribution >= 4 is 39.1 Å². The van der Waals surface area contributed by atoms with Crippen LogP contribution in [0.3, 0.4) is 0 Å². The minimum absolute atomic E-state index is 0.272. The Morgan fingerprint density at radius 3 is 2.16 bits per heavy atom. The van der Waals surface area contributed by atoms with E-state index in [0.29, 0.717) is 11.4 Å². The molecule has 0 saturated carbocycles. The van der Waals surface area contributed by atoms with Crippen LogP contribution in [0, 0.1) is 5.92 Å². The fourth-order valence-corrected chi connectivity index (χ4v) is 4.46. The lowest BCUT2D eigenvalue weighted by Crippen LogP contribution is -2.37. The van der Waals surface area contributed by atoms with Gasteiger partial charge in [-0.3, -0.25) is 14.4 Å². The summed E-state index contributed by atoms with van der Waals surface area (Å²) >= 11 is 3.46. The molecule has 3 unspecified atom stereocenters. The number of imide groups is 1. The Kier molecular flexibility index (Phi) is 5.00. The van der Waals surface area contributed by atoms with E-state index >= 15 is 0 Å². The molecule has 0 N–H and O–H groups in total. The van der Waals surface area contributed by atoms with Crippen molar-refractivity contribution in [3.05, 3.63) is 88.9 Å². The molecule has 0 spiro atoms. The van der Waals surface area contributed by atoms with Crippen LogP contribution in [-0.4, -0.2) is 25.0 Å². The van der Waals surface area contributed by atoms with Gasteiger partial charge in [-0.15, -0.1) is 0 Å². The van der Waals surface area contributed by atoms with Crippen molar-refractivity contribution in [3.63, 3.8) is 0 Å². The van der Waals surface area contributed by atoms with Crippen molar-refractivity contribution in [2.75, 3.05) is 17.1 Å². The Morgan fingerprint density at radius 2 is 1.52 bits per heavy atom. The predicted octanol–water partition coefficient (Wildman–Crippen LogP) is 4.51. The van der Waals surface area contributed by atoms with Crippen LogP contribution in [0.4, 0.5) is 11.4 Å². The first-order chi connectivity index (χ1) is 15.1. The van der Waals surface area contributed by atoms with Crippen molar-refractivity contribution in [1.29, 1.82) is 0 Å². The molecule has 6 nitrogen and oxygen atoms in total. The van der Waals surface area contributed by atoms with Gasteiger partial charge in [0.15, 0.2) is 6.10 Å². The lowest BCUT2D eigenvalue weighted by Gasteiger charge is -2.28. The fraction of sp³-hybridized carbons (Fsp3) is 0.167. The van der Waals surface area contributed by atoms with E-state index in [1.54, 1.807) is 36.4 Å². The Bertz CT molecular complexity index is 1120. The topological polar surface area (TPSA) is 59.1 Å². The number of nitrogens with zero attached hydrogens (tertiary/aromatic N) is 2. The number of hydrogen-bond donors (Lipinski definition) is 0. The maximum Gasteiger partial charge on any atom is 0.266 e. The Morgan fingerprint density at radius 1 is 0.839 bits per heavy atom. The number of fused-ring (bicyclic) bond motifs is 1. The van der Waals surface area contributed by atoms with Crippen LogP contribution in [0.25, 0.3) is 0 Å². The SMILES string of the molecule is COc1ccc(N2C(=O)C3ON(c4ccccc4)C(c4ccc(Br)cc4)C3C2=O)cc1. The highest BCUT2D eigenvalue weighted by atomic mass is 79.9. The number of carbonyl (C=O) groups excluding carboxylic acids is 2. The number of hydroxylamine groups is 1. The molecule has 0 aliphatic carbocycles. The van der Waals surface area contributed by atoms with E-state index in [4.69, 9.17) is 9.57 Å². The zero-order chi connectivity index (χ0) is 21.5. The van der Waals surface area contributed by atoms with Crippen molar-refractivity contribution in [3.8, 4) is 5.75 Å². The third kappa shape index (κ3) is 3.30. The number of halogens is 1. The zero-order valence-electron chi connectivity index (χ0n) is 16.6. The molecule has 0 radical (unpaired) electrons. The minimum atomic E-state index is -0.886. The first-order valence-corrected chi connectivity index (χ1v) is 10.7. The third-order valence-corrected chi connectivity index (χ3v) is 6.20. The molecular weight excluding hydrogens is 460 g/mol. The molecule has 3 aromatic rings. The summed E-state index contributed by atoms with van der Waals surface area (Å²) in [5.41, 5.74) is 2.20. The maximum absolute atomic E-state index is 13.5. The number of amides is 2. The van der Waals surface area contributed by atoms with Gasteiger partial charge in [0.2, 0.25) is 5.91 Å². The Balaban J connectivity index is 1.56. The first-order valence-electron chi connectivity index (χ1n) is 9.87. The highest BCUT2D eigenvalue weighted by Crippen LogP contribution is 2.47. The van der Waals surface area contributed by atoms with Gasteiger partial charge >= 0.3 is 0 Å². The standard InChI is InChI=1S/C24H19BrN2O4/c1-30-19-13-11-17(12-14-19)26-23(28)20-21(15-7-9-16(25)10-8-15)27(31-22(20)24(26)29)18-5-3-2-4-6-18/h2-14,20-22H,1H3. The van der Waals surface area contributed by atoms with Crippen LogP contribution in [-0.2, 0) is 14.4 Å². The number of anilines is 2. The predicted molar refractivity (Wildman–Crippen MR) is 120 cm³/mol. The maximum atomic E-state index is 13.5. The highest BCUT2D eigenvalue weighted by molar-refractivity contribution is 9.10. The molecule has 2 aliphatic rings. The van der Waals surface area contributed by atoms with Gasteiger partial charge in [-0.1, -0.05) is 46.3 Å². The normalized spacial score (nSPS) is 22.7. The third-order valence-electron chi connectivity index (χ3n) is 5.67. The summed E-state index contributed by atoms with van der Waals surface area (Å²) in [6.07, 6.45) is -0.886. The molecule has 2 aliphatic heterocycles. The average Bonchev–Trinajstić information content (AvgIpc) is 3.31. The Labute approximate surface area is 188 Å². The second-order valence-corrected chi connectivity index (χ2v) is 8.34. The van der Waals surface area contributed by atoms with Crippen molar-refractivity contribution in [1.82, 2.24) is 0 Å². The molecule has 156 valence electrons. The molecule has 2 amide bonds. The summed E-state index contributed by atoms with van der Waals surface area (Å²) in [5.74, 6) is -0.634. The molecule has 31 heavy (non-hydrogen) atoms.